The van der Waals surface area contributed by atoms with Gasteiger partial charge in [-0.25, -0.2) is 14.4 Å². The summed E-state index contributed by atoms with van der Waals surface area (Å²) < 4.78 is 13.1. The second-order valence-electron chi connectivity index (χ2n) is 5.82. The topological polar surface area (TPSA) is 158 Å². The molecule has 0 saturated heterocycles. The van der Waals surface area contributed by atoms with Gasteiger partial charge in [-0.05, 0) is 18.2 Å². The Morgan fingerprint density at radius 2 is 1.97 bits per heavy atom. The van der Waals surface area contributed by atoms with Gasteiger partial charge in [-0.15, -0.1) is 0 Å². The summed E-state index contributed by atoms with van der Waals surface area (Å²) in [6, 6.07) is 5.39. The standard InChI is InChI=1S/C17H14FN5O5S/c18-8-2-1-3-9(6-8)19-11(24)7-29-17-22-14-13(16(28)23-17)20-10(15(27)21-14)4-5-12(25)26/h1-3,6H,4-5,7H2,(H,19,24)(H,25,26)(H2,21,22,23,27,28). The second kappa shape index (κ2) is 8.65. The predicted octanol–water partition coefficient (Wildman–Crippen LogP) is 0.893. The van der Waals surface area contributed by atoms with Gasteiger partial charge in [0.2, 0.25) is 5.91 Å². The molecule has 3 rings (SSSR count). The number of anilines is 1. The van der Waals surface area contributed by atoms with Gasteiger partial charge >= 0.3 is 5.97 Å². The highest BCUT2D eigenvalue weighted by atomic mass is 32.2. The summed E-state index contributed by atoms with van der Waals surface area (Å²) in [4.78, 5) is 59.7. The average molecular weight is 419 g/mol. The number of aryl methyl sites for hydroxylation is 1. The van der Waals surface area contributed by atoms with E-state index in [4.69, 9.17) is 5.11 Å². The predicted molar refractivity (Wildman–Crippen MR) is 102 cm³/mol. The molecular formula is C17H14FN5O5S. The quantitative estimate of drug-likeness (QED) is 0.325. The molecule has 0 fully saturated rings. The number of carboxylic acids is 1. The summed E-state index contributed by atoms with van der Waals surface area (Å²) in [7, 11) is 0. The first-order valence-corrected chi connectivity index (χ1v) is 9.23. The molecule has 0 atom stereocenters. The van der Waals surface area contributed by atoms with Crippen molar-refractivity contribution in [3.63, 3.8) is 0 Å². The van der Waals surface area contributed by atoms with Crippen molar-refractivity contribution in [1.82, 2.24) is 19.9 Å². The molecule has 150 valence electrons. The fraction of sp³-hybridized carbons (Fsp3) is 0.176. The van der Waals surface area contributed by atoms with Crippen LogP contribution in [0.5, 0.6) is 0 Å². The Bertz CT molecular complexity index is 1210. The molecular weight excluding hydrogens is 405 g/mol. The highest BCUT2D eigenvalue weighted by molar-refractivity contribution is 7.99. The minimum absolute atomic E-state index is 0.0765. The molecule has 2 aromatic heterocycles. The second-order valence-corrected chi connectivity index (χ2v) is 6.79. The van der Waals surface area contributed by atoms with Crippen LogP contribution in [0.3, 0.4) is 0 Å². The third-order valence-electron chi connectivity index (χ3n) is 3.64. The molecule has 0 aliphatic rings. The lowest BCUT2D eigenvalue weighted by Crippen LogP contribution is -2.22. The number of aliphatic carboxylic acids is 1. The fourth-order valence-corrected chi connectivity index (χ4v) is 3.02. The summed E-state index contributed by atoms with van der Waals surface area (Å²) in [5.74, 6) is -2.16. The number of aromatic amines is 2. The van der Waals surface area contributed by atoms with Gasteiger partial charge < -0.3 is 15.4 Å². The van der Waals surface area contributed by atoms with Gasteiger partial charge in [-0.2, -0.15) is 0 Å². The molecule has 4 N–H and O–H groups in total. The average Bonchev–Trinajstić information content (AvgIpc) is 2.65. The number of thioether (sulfide) groups is 1. The molecule has 29 heavy (non-hydrogen) atoms. The van der Waals surface area contributed by atoms with Gasteiger partial charge in [-0.1, -0.05) is 17.8 Å². The van der Waals surface area contributed by atoms with Crippen molar-refractivity contribution in [3.05, 3.63) is 56.5 Å². The van der Waals surface area contributed by atoms with E-state index in [1.807, 2.05) is 0 Å². The van der Waals surface area contributed by atoms with E-state index in [9.17, 15) is 23.6 Å². The van der Waals surface area contributed by atoms with Crippen LogP contribution in [0.2, 0.25) is 0 Å². The van der Waals surface area contributed by atoms with Crippen LogP contribution in [-0.4, -0.2) is 42.7 Å². The molecule has 0 aliphatic carbocycles. The molecule has 10 nitrogen and oxygen atoms in total. The Labute approximate surface area is 165 Å². The number of nitrogens with one attached hydrogen (secondary N) is 3. The van der Waals surface area contributed by atoms with E-state index in [1.54, 1.807) is 0 Å². The SMILES string of the molecule is O=C(O)CCc1nc2c(=O)[nH]c(SCC(=O)Nc3cccc(F)c3)nc2[nH]c1=O. The van der Waals surface area contributed by atoms with Crippen molar-refractivity contribution in [3.8, 4) is 0 Å². The molecule has 0 saturated carbocycles. The van der Waals surface area contributed by atoms with E-state index in [1.165, 1.54) is 18.2 Å². The van der Waals surface area contributed by atoms with Gasteiger partial charge in [0.15, 0.2) is 16.3 Å². The van der Waals surface area contributed by atoms with Crippen molar-refractivity contribution in [2.75, 3.05) is 11.1 Å². The smallest absolute Gasteiger partial charge is 0.303 e. The molecule has 0 aliphatic heterocycles. The fourth-order valence-electron chi connectivity index (χ4n) is 2.36. The third kappa shape index (κ3) is 5.25. The number of fused-ring (bicyclic) bond motifs is 1. The number of carbonyl (C=O) groups is 2. The van der Waals surface area contributed by atoms with Crippen molar-refractivity contribution < 1.29 is 19.1 Å². The van der Waals surface area contributed by atoms with E-state index in [2.05, 4.69) is 25.3 Å². The minimum atomic E-state index is -1.10. The van der Waals surface area contributed by atoms with Gasteiger partial charge in [0, 0.05) is 12.1 Å². The van der Waals surface area contributed by atoms with Crippen LogP contribution in [0, 0.1) is 5.82 Å². The highest BCUT2D eigenvalue weighted by Crippen LogP contribution is 2.14. The number of hydrogen-bond donors (Lipinski definition) is 4. The lowest BCUT2D eigenvalue weighted by molar-refractivity contribution is -0.137. The number of carbonyl (C=O) groups excluding carboxylic acids is 1. The number of nitrogens with zero attached hydrogens (tertiary/aromatic N) is 2. The van der Waals surface area contributed by atoms with Crippen molar-refractivity contribution in [1.29, 1.82) is 0 Å². The van der Waals surface area contributed by atoms with Crippen LogP contribution in [0.25, 0.3) is 11.2 Å². The van der Waals surface area contributed by atoms with Gasteiger partial charge in [0.05, 0.1) is 12.2 Å². The maximum Gasteiger partial charge on any atom is 0.303 e. The van der Waals surface area contributed by atoms with Gasteiger partial charge in [-0.3, -0.25) is 24.2 Å². The summed E-state index contributed by atoms with van der Waals surface area (Å²) in [5.41, 5.74) is -1.29. The van der Waals surface area contributed by atoms with E-state index >= 15 is 0 Å². The van der Waals surface area contributed by atoms with Crippen LogP contribution in [0.4, 0.5) is 10.1 Å². The minimum Gasteiger partial charge on any atom is -0.481 e. The summed E-state index contributed by atoms with van der Waals surface area (Å²) >= 11 is 0.905. The first-order valence-electron chi connectivity index (χ1n) is 8.25. The van der Waals surface area contributed by atoms with Crippen molar-refractivity contribution >= 4 is 40.5 Å². The molecule has 1 aromatic carbocycles. The summed E-state index contributed by atoms with van der Waals surface area (Å²) in [5, 5.41) is 11.3. The maximum atomic E-state index is 13.1. The molecule has 2 heterocycles. The zero-order chi connectivity index (χ0) is 21.0. The van der Waals surface area contributed by atoms with Gasteiger partial charge in [0.25, 0.3) is 11.1 Å². The Morgan fingerprint density at radius 1 is 1.17 bits per heavy atom. The number of amides is 1. The number of carboxylic acid groups (broad SMARTS) is 1. The van der Waals surface area contributed by atoms with Crippen LogP contribution < -0.4 is 16.4 Å². The lowest BCUT2D eigenvalue weighted by atomic mass is 10.2. The molecule has 1 amide bonds. The van der Waals surface area contributed by atoms with Crippen LogP contribution in [0.1, 0.15) is 12.1 Å². The Kier molecular flexibility index (Phi) is 6.02. The molecule has 12 heteroatoms. The molecule has 0 spiro atoms. The Balaban J connectivity index is 1.74. The van der Waals surface area contributed by atoms with E-state index in [0.29, 0.717) is 0 Å². The van der Waals surface area contributed by atoms with Crippen LogP contribution in [-0.2, 0) is 16.0 Å². The van der Waals surface area contributed by atoms with Gasteiger partial charge in [0.1, 0.15) is 11.5 Å². The third-order valence-corrected chi connectivity index (χ3v) is 4.51. The van der Waals surface area contributed by atoms with E-state index < -0.39 is 28.8 Å². The maximum absolute atomic E-state index is 13.1. The normalized spacial score (nSPS) is 10.8. The highest BCUT2D eigenvalue weighted by Gasteiger charge is 2.13. The molecule has 3 aromatic rings. The number of aromatic nitrogens is 4. The number of halogens is 1. The first kappa shape index (κ1) is 20.2. The van der Waals surface area contributed by atoms with Crippen LogP contribution >= 0.6 is 11.8 Å². The number of rotatable bonds is 7. The first-order chi connectivity index (χ1) is 13.8. The zero-order valence-corrected chi connectivity index (χ0v) is 15.5. The number of H-pyrrole nitrogens is 2. The molecule has 0 unspecified atom stereocenters. The van der Waals surface area contributed by atoms with E-state index in [-0.39, 0.29) is 46.3 Å². The number of hydrogen-bond acceptors (Lipinski definition) is 7. The summed E-state index contributed by atoms with van der Waals surface area (Å²) in [6.45, 7) is 0. The largest absolute Gasteiger partial charge is 0.481 e. The Morgan fingerprint density at radius 3 is 2.69 bits per heavy atom. The lowest BCUT2D eigenvalue weighted by Gasteiger charge is -2.06. The monoisotopic (exact) mass is 419 g/mol. The zero-order valence-electron chi connectivity index (χ0n) is 14.7. The number of benzene rings is 1. The van der Waals surface area contributed by atoms with Crippen molar-refractivity contribution in [2.24, 2.45) is 0 Å². The summed E-state index contributed by atoms with van der Waals surface area (Å²) in [6.07, 6.45) is -0.432. The van der Waals surface area contributed by atoms with Crippen molar-refractivity contribution in [2.45, 2.75) is 18.0 Å². The molecule has 0 radical (unpaired) electrons. The van der Waals surface area contributed by atoms with Crippen LogP contribution in [0.15, 0.2) is 39.0 Å². The molecule has 0 bridgehead atoms. The van der Waals surface area contributed by atoms with E-state index in [0.717, 1.165) is 17.8 Å². The Hall–Kier alpha value is -3.54.